The minimum Gasteiger partial charge on any atom is -0.505 e. The van der Waals surface area contributed by atoms with Crippen LogP contribution in [0.15, 0.2) is 6.20 Å². The summed E-state index contributed by atoms with van der Waals surface area (Å²) in [7, 11) is 0. The van der Waals surface area contributed by atoms with Gasteiger partial charge in [-0.1, -0.05) is 0 Å². The van der Waals surface area contributed by atoms with Crippen molar-refractivity contribution < 1.29 is 18.8 Å². The molecule has 14 heavy (non-hydrogen) atoms. The number of nitro groups is 1. The third-order valence-corrected chi connectivity index (χ3v) is 2.47. The average molecular weight is 316 g/mol. The van der Waals surface area contributed by atoms with Crippen LogP contribution in [-0.2, 0) is 0 Å². The SMILES string of the molecule is O=[N+]([O-])c1cnc(C(F)F)c(O)c1I. The molecule has 0 fully saturated rings. The lowest BCUT2D eigenvalue weighted by Crippen LogP contribution is -1.98. The van der Waals surface area contributed by atoms with Crippen molar-refractivity contribution in [1.29, 1.82) is 0 Å². The van der Waals surface area contributed by atoms with Gasteiger partial charge in [0.2, 0.25) is 0 Å². The van der Waals surface area contributed by atoms with E-state index in [-0.39, 0.29) is 3.57 Å². The van der Waals surface area contributed by atoms with Crippen LogP contribution in [0.3, 0.4) is 0 Å². The summed E-state index contributed by atoms with van der Waals surface area (Å²) in [5, 5.41) is 19.5. The number of alkyl halides is 2. The fraction of sp³-hybridized carbons (Fsp3) is 0.167. The second-order valence-corrected chi connectivity index (χ2v) is 3.33. The van der Waals surface area contributed by atoms with Crippen LogP contribution in [0.25, 0.3) is 0 Å². The highest BCUT2D eigenvalue weighted by atomic mass is 127. The molecule has 0 aliphatic rings. The number of pyridine rings is 1. The Kier molecular flexibility index (Phi) is 3.13. The lowest BCUT2D eigenvalue weighted by molar-refractivity contribution is -0.386. The van der Waals surface area contributed by atoms with Crippen LogP contribution in [-0.4, -0.2) is 15.0 Å². The van der Waals surface area contributed by atoms with Gasteiger partial charge in [0.05, 0.1) is 4.92 Å². The molecule has 8 heteroatoms. The van der Waals surface area contributed by atoms with Crippen molar-refractivity contribution in [2.24, 2.45) is 0 Å². The monoisotopic (exact) mass is 316 g/mol. The normalized spacial score (nSPS) is 10.6. The Bertz CT molecular complexity index is 386. The first-order valence-corrected chi connectivity index (χ1v) is 4.33. The van der Waals surface area contributed by atoms with Crippen molar-refractivity contribution >= 4 is 28.3 Å². The lowest BCUT2D eigenvalue weighted by atomic mass is 10.3. The van der Waals surface area contributed by atoms with Gasteiger partial charge in [-0.25, -0.2) is 13.8 Å². The van der Waals surface area contributed by atoms with Crippen LogP contribution in [0.1, 0.15) is 12.1 Å². The summed E-state index contributed by atoms with van der Waals surface area (Å²) in [5.74, 6) is -0.838. The number of hydrogen-bond acceptors (Lipinski definition) is 4. The van der Waals surface area contributed by atoms with Crippen LogP contribution in [0, 0.1) is 13.7 Å². The average Bonchev–Trinajstić information content (AvgIpc) is 2.08. The minimum absolute atomic E-state index is 0.238. The van der Waals surface area contributed by atoms with Gasteiger partial charge in [0.15, 0.2) is 5.75 Å². The summed E-state index contributed by atoms with van der Waals surface area (Å²) < 4.78 is 24.1. The van der Waals surface area contributed by atoms with Gasteiger partial charge in [0.25, 0.3) is 6.43 Å². The van der Waals surface area contributed by atoms with E-state index in [9.17, 15) is 18.9 Å². The van der Waals surface area contributed by atoms with E-state index < -0.39 is 28.5 Å². The molecule has 0 spiro atoms. The van der Waals surface area contributed by atoms with E-state index in [1.165, 1.54) is 22.6 Å². The summed E-state index contributed by atoms with van der Waals surface area (Å²) >= 11 is 1.41. The first-order valence-electron chi connectivity index (χ1n) is 3.25. The highest BCUT2D eigenvalue weighted by Crippen LogP contribution is 2.34. The number of aromatic nitrogens is 1. The van der Waals surface area contributed by atoms with Gasteiger partial charge >= 0.3 is 5.69 Å². The van der Waals surface area contributed by atoms with Gasteiger partial charge in [-0.15, -0.1) is 0 Å². The molecule has 0 saturated carbocycles. The van der Waals surface area contributed by atoms with Crippen LogP contribution in [0.4, 0.5) is 14.5 Å². The molecule has 0 saturated heterocycles. The molecule has 1 heterocycles. The van der Waals surface area contributed by atoms with Crippen LogP contribution < -0.4 is 0 Å². The van der Waals surface area contributed by atoms with Crippen LogP contribution >= 0.6 is 22.6 Å². The third-order valence-electron chi connectivity index (χ3n) is 1.40. The third kappa shape index (κ3) is 1.89. The zero-order chi connectivity index (χ0) is 10.9. The number of nitrogens with zero attached hydrogens (tertiary/aromatic N) is 2. The first-order chi connectivity index (χ1) is 6.45. The highest BCUT2D eigenvalue weighted by molar-refractivity contribution is 14.1. The highest BCUT2D eigenvalue weighted by Gasteiger charge is 2.23. The van der Waals surface area contributed by atoms with Crippen molar-refractivity contribution in [3.8, 4) is 5.75 Å². The van der Waals surface area contributed by atoms with Crippen LogP contribution in [0.2, 0.25) is 0 Å². The Morgan fingerprint density at radius 3 is 2.64 bits per heavy atom. The minimum atomic E-state index is -2.95. The summed E-state index contributed by atoms with van der Waals surface area (Å²) in [6, 6.07) is 0. The molecule has 1 aromatic heterocycles. The van der Waals surface area contributed by atoms with Crippen molar-refractivity contribution in [1.82, 2.24) is 4.98 Å². The molecule has 0 aromatic carbocycles. The van der Waals surface area contributed by atoms with Crippen molar-refractivity contribution in [3.05, 3.63) is 25.6 Å². The zero-order valence-corrected chi connectivity index (χ0v) is 8.60. The number of aromatic hydroxyl groups is 1. The maximum Gasteiger partial charge on any atom is 0.304 e. The largest absolute Gasteiger partial charge is 0.505 e. The summed E-state index contributed by atoms with van der Waals surface area (Å²) in [4.78, 5) is 12.6. The van der Waals surface area contributed by atoms with Gasteiger partial charge < -0.3 is 5.11 Å². The van der Waals surface area contributed by atoms with E-state index in [4.69, 9.17) is 5.11 Å². The first kappa shape index (κ1) is 11.0. The standard InChI is InChI=1S/C6H3F2IN2O3/c7-6(8)4-5(12)3(9)2(1-10-4)11(13)14/h1,6,12H. The Hall–Kier alpha value is -1.06. The van der Waals surface area contributed by atoms with Gasteiger partial charge in [0.1, 0.15) is 15.5 Å². The Morgan fingerprint density at radius 1 is 1.64 bits per heavy atom. The second kappa shape index (κ2) is 3.98. The number of halogens is 3. The topological polar surface area (TPSA) is 76.3 Å². The van der Waals surface area contributed by atoms with Gasteiger partial charge in [-0.05, 0) is 22.6 Å². The predicted octanol–water partition coefficient (Wildman–Crippen LogP) is 2.24. The number of rotatable bonds is 2. The van der Waals surface area contributed by atoms with E-state index in [0.717, 1.165) is 0 Å². The van der Waals surface area contributed by atoms with E-state index >= 15 is 0 Å². The summed E-state index contributed by atoms with van der Waals surface area (Å²) in [5.41, 5.74) is -1.34. The number of hydrogen-bond donors (Lipinski definition) is 1. The Labute approximate surface area is 90.1 Å². The molecule has 0 bridgehead atoms. The van der Waals surface area contributed by atoms with E-state index in [0.29, 0.717) is 6.20 Å². The molecule has 1 N–H and O–H groups in total. The Balaban J connectivity index is 3.33. The van der Waals surface area contributed by atoms with Crippen molar-refractivity contribution in [2.45, 2.75) is 6.43 Å². The second-order valence-electron chi connectivity index (χ2n) is 2.25. The fourth-order valence-electron chi connectivity index (χ4n) is 0.769. The predicted molar refractivity (Wildman–Crippen MR) is 50.2 cm³/mol. The molecular weight excluding hydrogens is 313 g/mol. The lowest BCUT2D eigenvalue weighted by Gasteiger charge is -2.03. The van der Waals surface area contributed by atoms with E-state index in [1.54, 1.807) is 0 Å². The molecule has 0 aliphatic heterocycles. The smallest absolute Gasteiger partial charge is 0.304 e. The molecular formula is C6H3F2IN2O3. The Morgan fingerprint density at radius 2 is 2.21 bits per heavy atom. The maximum absolute atomic E-state index is 12.1. The molecule has 0 unspecified atom stereocenters. The molecule has 0 atom stereocenters. The van der Waals surface area contributed by atoms with E-state index in [1.807, 2.05) is 0 Å². The van der Waals surface area contributed by atoms with Gasteiger partial charge in [-0.2, -0.15) is 0 Å². The fourth-order valence-corrected chi connectivity index (χ4v) is 1.38. The van der Waals surface area contributed by atoms with Crippen LogP contribution in [0.5, 0.6) is 5.75 Å². The van der Waals surface area contributed by atoms with Crippen molar-refractivity contribution in [3.63, 3.8) is 0 Å². The van der Waals surface area contributed by atoms with E-state index in [2.05, 4.69) is 4.98 Å². The molecule has 0 radical (unpaired) electrons. The molecule has 0 amide bonds. The molecule has 5 nitrogen and oxygen atoms in total. The summed E-state index contributed by atoms with van der Waals surface area (Å²) in [6.07, 6.45) is -2.26. The quantitative estimate of drug-likeness (QED) is 0.516. The molecule has 1 rings (SSSR count). The molecule has 1 aromatic rings. The van der Waals surface area contributed by atoms with Crippen molar-refractivity contribution in [2.75, 3.05) is 0 Å². The zero-order valence-electron chi connectivity index (χ0n) is 6.45. The maximum atomic E-state index is 12.1. The van der Waals surface area contributed by atoms with Gasteiger partial charge in [-0.3, -0.25) is 10.1 Å². The van der Waals surface area contributed by atoms with Gasteiger partial charge in [0, 0.05) is 0 Å². The molecule has 76 valence electrons. The molecule has 0 aliphatic carbocycles. The summed E-state index contributed by atoms with van der Waals surface area (Å²) in [6.45, 7) is 0.